The highest BCUT2D eigenvalue weighted by molar-refractivity contribution is 8.00. The van der Waals surface area contributed by atoms with Crippen LogP contribution in [-0.2, 0) is 4.79 Å². The Hall–Kier alpha value is -1.80. The van der Waals surface area contributed by atoms with Crippen molar-refractivity contribution in [2.24, 2.45) is 0 Å². The van der Waals surface area contributed by atoms with Crippen molar-refractivity contribution in [3.63, 3.8) is 0 Å². The van der Waals surface area contributed by atoms with Crippen molar-refractivity contribution in [3.8, 4) is 18.1 Å². The van der Waals surface area contributed by atoms with E-state index < -0.39 is 0 Å². The minimum Gasteiger partial charge on any atom is -0.494 e. The fourth-order valence-corrected chi connectivity index (χ4v) is 2.06. The van der Waals surface area contributed by atoms with E-state index in [1.807, 2.05) is 13.0 Å². The smallest absolute Gasteiger partial charge is 0.231 e. The summed E-state index contributed by atoms with van der Waals surface area (Å²) in [7, 11) is 0. The zero-order valence-electron chi connectivity index (χ0n) is 10.2. The lowest BCUT2D eigenvalue weighted by atomic mass is 10.3. The van der Waals surface area contributed by atoms with Gasteiger partial charge in [-0.1, -0.05) is 5.92 Å². The summed E-state index contributed by atoms with van der Waals surface area (Å²) in [5.74, 6) is 3.26. The summed E-state index contributed by atoms with van der Waals surface area (Å²) in [6, 6.07) is 5.41. The largest absolute Gasteiger partial charge is 0.494 e. The van der Waals surface area contributed by atoms with Crippen LogP contribution in [0.4, 0.5) is 5.69 Å². The summed E-state index contributed by atoms with van der Waals surface area (Å²) >= 11 is 1.36. The Labute approximate surface area is 111 Å². The number of benzene rings is 1. The van der Waals surface area contributed by atoms with Crippen molar-refractivity contribution in [3.05, 3.63) is 18.2 Å². The predicted molar refractivity (Wildman–Crippen MR) is 74.6 cm³/mol. The zero-order valence-corrected chi connectivity index (χ0v) is 11.0. The van der Waals surface area contributed by atoms with Gasteiger partial charge in [-0.3, -0.25) is 4.79 Å². The van der Waals surface area contributed by atoms with Crippen molar-refractivity contribution in [1.29, 1.82) is 0 Å². The van der Waals surface area contributed by atoms with Gasteiger partial charge in [0.2, 0.25) is 5.91 Å². The monoisotopic (exact) mass is 264 g/mol. The number of nitrogens with two attached hydrogens (primary N) is 1. The lowest BCUT2D eigenvalue weighted by Gasteiger charge is -2.08. The van der Waals surface area contributed by atoms with Crippen molar-refractivity contribution in [2.75, 3.05) is 24.6 Å². The van der Waals surface area contributed by atoms with Gasteiger partial charge in [0.1, 0.15) is 5.75 Å². The van der Waals surface area contributed by atoms with Gasteiger partial charge in [-0.15, -0.1) is 18.2 Å². The second-order valence-electron chi connectivity index (χ2n) is 3.40. The molecule has 18 heavy (non-hydrogen) atoms. The molecular weight excluding hydrogens is 248 g/mol. The van der Waals surface area contributed by atoms with E-state index in [1.165, 1.54) is 11.8 Å². The van der Waals surface area contributed by atoms with E-state index in [2.05, 4.69) is 11.2 Å². The first-order valence-electron chi connectivity index (χ1n) is 5.52. The molecule has 0 bridgehead atoms. The molecule has 5 heteroatoms. The zero-order chi connectivity index (χ0) is 13.4. The number of nitrogens with one attached hydrogen (secondary N) is 1. The quantitative estimate of drug-likeness (QED) is 0.464. The van der Waals surface area contributed by atoms with Gasteiger partial charge in [0.15, 0.2) is 0 Å². The molecule has 0 heterocycles. The first-order chi connectivity index (χ1) is 8.67. The molecule has 0 spiro atoms. The average molecular weight is 264 g/mol. The SMILES string of the molecule is C#CCNC(=O)CSc1cc(OCC)ccc1N. The van der Waals surface area contributed by atoms with Gasteiger partial charge in [-0.25, -0.2) is 0 Å². The molecule has 0 radical (unpaired) electrons. The predicted octanol–water partition coefficient (Wildman–Crippen LogP) is 1.51. The van der Waals surface area contributed by atoms with Crippen molar-refractivity contribution in [1.82, 2.24) is 5.32 Å². The standard InChI is InChI=1S/C13H16N2O2S/c1-3-7-15-13(16)9-18-12-8-10(17-4-2)5-6-11(12)14/h1,5-6,8H,4,7,9,14H2,2H3,(H,15,16). The summed E-state index contributed by atoms with van der Waals surface area (Å²) < 4.78 is 5.38. The van der Waals surface area contributed by atoms with E-state index in [1.54, 1.807) is 12.1 Å². The van der Waals surface area contributed by atoms with Crippen molar-refractivity contribution < 1.29 is 9.53 Å². The Bertz CT molecular complexity index is 455. The Morgan fingerprint density at radius 1 is 1.61 bits per heavy atom. The number of nitrogen functional groups attached to an aromatic ring is 1. The number of amides is 1. The molecule has 0 aliphatic heterocycles. The van der Waals surface area contributed by atoms with Gasteiger partial charge in [-0.05, 0) is 25.1 Å². The van der Waals surface area contributed by atoms with Crippen LogP contribution in [0.5, 0.6) is 5.75 Å². The number of anilines is 1. The second kappa shape index (κ2) is 7.51. The number of hydrogen-bond donors (Lipinski definition) is 2. The molecule has 0 aliphatic carbocycles. The lowest BCUT2D eigenvalue weighted by molar-refractivity contribution is -0.118. The number of carbonyl (C=O) groups is 1. The van der Waals surface area contributed by atoms with Gasteiger partial charge < -0.3 is 15.8 Å². The molecule has 0 aromatic heterocycles. The third-order valence-electron chi connectivity index (χ3n) is 2.04. The first-order valence-corrected chi connectivity index (χ1v) is 6.51. The van der Waals surface area contributed by atoms with Crippen LogP contribution >= 0.6 is 11.8 Å². The molecule has 3 N–H and O–H groups in total. The molecule has 1 rings (SSSR count). The number of hydrogen-bond acceptors (Lipinski definition) is 4. The highest BCUT2D eigenvalue weighted by Gasteiger charge is 2.06. The van der Waals surface area contributed by atoms with Crippen LogP contribution in [0.15, 0.2) is 23.1 Å². The Balaban J connectivity index is 2.58. The summed E-state index contributed by atoms with van der Waals surface area (Å²) in [4.78, 5) is 12.2. The number of thioether (sulfide) groups is 1. The van der Waals surface area contributed by atoms with E-state index >= 15 is 0 Å². The number of ether oxygens (including phenoxy) is 1. The van der Waals surface area contributed by atoms with E-state index in [4.69, 9.17) is 16.9 Å². The summed E-state index contributed by atoms with van der Waals surface area (Å²) in [6.45, 7) is 2.75. The van der Waals surface area contributed by atoms with Gasteiger partial charge in [0, 0.05) is 10.6 Å². The minimum atomic E-state index is -0.112. The van der Waals surface area contributed by atoms with Crippen LogP contribution in [-0.4, -0.2) is 24.8 Å². The minimum absolute atomic E-state index is 0.112. The Morgan fingerprint density at radius 2 is 2.39 bits per heavy atom. The molecule has 96 valence electrons. The van der Waals surface area contributed by atoms with Gasteiger partial charge in [0.25, 0.3) is 0 Å². The molecule has 1 amide bonds. The molecule has 0 saturated heterocycles. The first kappa shape index (κ1) is 14.3. The highest BCUT2D eigenvalue weighted by atomic mass is 32.2. The van der Waals surface area contributed by atoms with Gasteiger partial charge in [-0.2, -0.15) is 0 Å². The highest BCUT2D eigenvalue weighted by Crippen LogP contribution is 2.29. The second-order valence-corrected chi connectivity index (χ2v) is 4.42. The fraction of sp³-hybridized carbons (Fsp3) is 0.308. The molecular formula is C13H16N2O2S. The maximum atomic E-state index is 11.4. The Morgan fingerprint density at radius 3 is 3.06 bits per heavy atom. The van der Waals surface area contributed by atoms with Gasteiger partial charge >= 0.3 is 0 Å². The van der Waals surface area contributed by atoms with Crippen LogP contribution in [0.1, 0.15) is 6.92 Å². The molecule has 1 aromatic carbocycles. The van der Waals surface area contributed by atoms with E-state index in [0.29, 0.717) is 12.3 Å². The van der Waals surface area contributed by atoms with Gasteiger partial charge in [0.05, 0.1) is 18.9 Å². The topological polar surface area (TPSA) is 64.3 Å². The van der Waals surface area contributed by atoms with E-state index in [9.17, 15) is 4.79 Å². The number of rotatable bonds is 6. The van der Waals surface area contributed by atoms with E-state index in [0.717, 1.165) is 10.6 Å². The normalized spacial score (nSPS) is 9.56. The van der Waals surface area contributed by atoms with Crippen LogP contribution in [0, 0.1) is 12.3 Å². The van der Waals surface area contributed by atoms with Crippen molar-refractivity contribution >= 4 is 23.4 Å². The lowest BCUT2D eigenvalue weighted by Crippen LogP contribution is -2.25. The molecule has 0 fully saturated rings. The number of carbonyl (C=O) groups excluding carboxylic acids is 1. The molecule has 0 aliphatic rings. The maximum absolute atomic E-state index is 11.4. The van der Waals surface area contributed by atoms with Crippen LogP contribution < -0.4 is 15.8 Å². The third-order valence-corrected chi connectivity index (χ3v) is 3.11. The summed E-state index contributed by atoms with van der Waals surface area (Å²) in [5.41, 5.74) is 6.46. The molecule has 0 unspecified atom stereocenters. The molecule has 0 saturated carbocycles. The average Bonchev–Trinajstić information content (AvgIpc) is 2.37. The fourth-order valence-electron chi connectivity index (χ4n) is 1.24. The van der Waals surface area contributed by atoms with Crippen LogP contribution in [0.2, 0.25) is 0 Å². The molecule has 4 nitrogen and oxygen atoms in total. The maximum Gasteiger partial charge on any atom is 0.231 e. The van der Waals surface area contributed by atoms with Crippen LogP contribution in [0.3, 0.4) is 0 Å². The Kier molecular flexibility index (Phi) is 5.95. The third kappa shape index (κ3) is 4.60. The molecule has 1 aromatic rings. The van der Waals surface area contributed by atoms with E-state index in [-0.39, 0.29) is 18.2 Å². The molecule has 0 atom stereocenters. The number of terminal acetylenes is 1. The van der Waals surface area contributed by atoms with Crippen LogP contribution in [0.25, 0.3) is 0 Å². The summed E-state index contributed by atoms with van der Waals surface area (Å²) in [5, 5.41) is 2.59. The van der Waals surface area contributed by atoms with Crippen molar-refractivity contribution in [2.45, 2.75) is 11.8 Å². The summed E-state index contributed by atoms with van der Waals surface area (Å²) in [6.07, 6.45) is 5.05.